The fraction of sp³-hybridized carbons (Fsp3) is 0.364. The molecule has 0 aromatic heterocycles. The van der Waals surface area contributed by atoms with Gasteiger partial charge in [-0.25, -0.2) is 4.39 Å². The van der Waals surface area contributed by atoms with E-state index in [0.29, 0.717) is 0 Å². The monoisotopic (exact) mass is 211 g/mol. The van der Waals surface area contributed by atoms with Gasteiger partial charge < -0.3 is 10.5 Å². The highest BCUT2D eigenvalue weighted by Crippen LogP contribution is 2.11. The largest absolute Gasteiger partial charge is 0.383 e. The van der Waals surface area contributed by atoms with E-state index in [1.807, 2.05) is 0 Å². The van der Waals surface area contributed by atoms with Gasteiger partial charge in [0, 0.05) is 7.11 Å². The molecule has 1 rings (SSSR count). The number of methoxy groups -OCH3 is 1. The molecule has 0 bridgehead atoms. The van der Waals surface area contributed by atoms with Crippen molar-refractivity contribution in [1.29, 1.82) is 0 Å². The molecule has 4 heteroatoms. The lowest BCUT2D eigenvalue weighted by Gasteiger charge is -2.10. The number of benzene rings is 1. The number of rotatable bonds is 4. The van der Waals surface area contributed by atoms with E-state index in [4.69, 9.17) is 10.5 Å². The van der Waals surface area contributed by atoms with Crippen LogP contribution < -0.4 is 5.73 Å². The summed E-state index contributed by atoms with van der Waals surface area (Å²) in [7, 11) is 1.44. The Morgan fingerprint density at radius 2 is 2.27 bits per heavy atom. The highest BCUT2D eigenvalue weighted by molar-refractivity contribution is 6.00. The van der Waals surface area contributed by atoms with E-state index in [1.165, 1.54) is 19.2 Å². The maximum atomic E-state index is 13.3. The molecule has 3 nitrogen and oxygen atoms in total. The van der Waals surface area contributed by atoms with Crippen LogP contribution in [0.4, 0.5) is 4.39 Å². The molecule has 0 spiro atoms. The Balaban J connectivity index is 2.95. The van der Waals surface area contributed by atoms with E-state index < -0.39 is 17.6 Å². The number of ketones is 1. The molecule has 0 amide bonds. The summed E-state index contributed by atoms with van der Waals surface area (Å²) in [5, 5.41) is 0. The van der Waals surface area contributed by atoms with Crippen LogP contribution in [0, 0.1) is 12.7 Å². The lowest BCUT2D eigenvalue weighted by Crippen LogP contribution is -2.35. The fourth-order valence-corrected chi connectivity index (χ4v) is 1.28. The van der Waals surface area contributed by atoms with Gasteiger partial charge in [-0.1, -0.05) is 11.6 Å². The van der Waals surface area contributed by atoms with E-state index >= 15 is 0 Å². The summed E-state index contributed by atoms with van der Waals surface area (Å²) in [4.78, 5) is 11.7. The first-order valence-corrected chi connectivity index (χ1v) is 4.61. The van der Waals surface area contributed by atoms with Crippen LogP contribution in [0.2, 0.25) is 0 Å². The minimum atomic E-state index is -0.814. The number of ether oxygens (including phenoxy) is 1. The van der Waals surface area contributed by atoms with Gasteiger partial charge in [-0.2, -0.15) is 0 Å². The molecule has 1 atom stereocenters. The van der Waals surface area contributed by atoms with E-state index in [0.717, 1.165) is 5.56 Å². The average Bonchev–Trinajstić information content (AvgIpc) is 2.21. The van der Waals surface area contributed by atoms with E-state index in [2.05, 4.69) is 0 Å². The third-order valence-corrected chi connectivity index (χ3v) is 2.07. The van der Waals surface area contributed by atoms with Crippen molar-refractivity contribution < 1.29 is 13.9 Å². The number of halogens is 1. The van der Waals surface area contributed by atoms with Gasteiger partial charge in [-0.3, -0.25) is 4.79 Å². The second kappa shape index (κ2) is 5.00. The summed E-state index contributed by atoms with van der Waals surface area (Å²) in [5.74, 6) is -0.977. The normalized spacial score (nSPS) is 12.5. The van der Waals surface area contributed by atoms with Crippen molar-refractivity contribution in [2.24, 2.45) is 5.73 Å². The molecule has 0 radical (unpaired) electrons. The molecule has 15 heavy (non-hydrogen) atoms. The first-order valence-electron chi connectivity index (χ1n) is 4.61. The van der Waals surface area contributed by atoms with Crippen LogP contribution >= 0.6 is 0 Å². The molecular weight excluding hydrogens is 197 g/mol. The van der Waals surface area contributed by atoms with E-state index in [-0.39, 0.29) is 12.2 Å². The third-order valence-electron chi connectivity index (χ3n) is 2.07. The van der Waals surface area contributed by atoms with Crippen molar-refractivity contribution in [2.45, 2.75) is 13.0 Å². The lowest BCUT2D eigenvalue weighted by molar-refractivity contribution is 0.0888. The molecule has 1 aromatic carbocycles. The van der Waals surface area contributed by atoms with Gasteiger partial charge in [-0.15, -0.1) is 0 Å². The minimum Gasteiger partial charge on any atom is -0.383 e. The average molecular weight is 211 g/mol. The zero-order valence-corrected chi connectivity index (χ0v) is 8.79. The van der Waals surface area contributed by atoms with Crippen LogP contribution in [-0.4, -0.2) is 25.5 Å². The number of carbonyl (C=O) groups excluding carboxylic acids is 1. The Morgan fingerprint density at radius 1 is 1.60 bits per heavy atom. The molecule has 82 valence electrons. The summed E-state index contributed by atoms with van der Waals surface area (Å²) in [6.45, 7) is 1.88. The van der Waals surface area contributed by atoms with Crippen molar-refractivity contribution in [2.75, 3.05) is 13.7 Å². The van der Waals surface area contributed by atoms with Gasteiger partial charge in [-0.05, 0) is 19.1 Å². The molecule has 1 unspecified atom stereocenters. The fourth-order valence-electron chi connectivity index (χ4n) is 1.28. The number of Topliss-reactive ketones (excluding diaryl/α,β-unsaturated/α-hetero) is 1. The third kappa shape index (κ3) is 2.84. The molecule has 1 aromatic rings. The van der Waals surface area contributed by atoms with Crippen LogP contribution in [0.3, 0.4) is 0 Å². The molecule has 0 fully saturated rings. The van der Waals surface area contributed by atoms with Gasteiger partial charge in [0.1, 0.15) is 5.82 Å². The van der Waals surface area contributed by atoms with Gasteiger partial charge in [0.25, 0.3) is 0 Å². The highest BCUT2D eigenvalue weighted by atomic mass is 19.1. The second-order valence-corrected chi connectivity index (χ2v) is 3.41. The maximum absolute atomic E-state index is 13.3. The summed E-state index contributed by atoms with van der Waals surface area (Å²) in [6, 6.07) is 3.55. The van der Waals surface area contributed by atoms with Gasteiger partial charge in [0.05, 0.1) is 18.2 Å². The first-order chi connectivity index (χ1) is 7.06. The van der Waals surface area contributed by atoms with Crippen molar-refractivity contribution in [1.82, 2.24) is 0 Å². The summed E-state index contributed by atoms with van der Waals surface area (Å²) < 4.78 is 18.1. The first kappa shape index (κ1) is 11.8. The van der Waals surface area contributed by atoms with Gasteiger partial charge in [0.15, 0.2) is 5.78 Å². The molecule has 0 saturated carbocycles. The lowest BCUT2D eigenvalue weighted by atomic mass is 10.0. The van der Waals surface area contributed by atoms with Crippen LogP contribution in [0.5, 0.6) is 0 Å². The van der Waals surface area contributed by atoms with E-state index in [1.54, 1.807) is 13.0 Å². The molecule has 0 saturated heterocycles. The number of hydrogen-bond donors (Lipinski definition) is 1. The molecule has 2 N–H and O–H groups in total. The Hall–Kier alpha value is -1.26. The predicted molar refractivity (Wildman–Crippen MR) is 55.3 cm³/mol. The van der Waals surface area contributed by atoms with Crippen molar-refractivity contribution >= 4 is 5.78 Å². The van der Waals surface area contributed by atoms with Crippen LogP contribution in [0.25, 0.3) is 0 Å². The predicted octanol–water partition coefficient (Wildman–Crippen LogP) is 1.29. The van der Waals surface area contributed by atoms with Crippen LogP contribution in [0.15, 0.2) is 18.2 Å². The second-order valence-electron chi connectivity index (χ2n) is 3.41. The zero-order valence-electron chi connectivity index (χ0n) is 8.79. The SMILES string of the molecule is COCC(N)C(=O)c1cc(C)ccc1F. The van der Waals surface area contributed by atoms with Crippen molar-refractivity contribution in [3.63, 3.8) is 0 Å². The Kier molecular flexibility index (Phi) is 3.94. The smallest absolute Gasteiger partial charge is 0.184 e. The minimum absolute atomic E-state index is 0.0274. The Labute approximate surface area is 88.0 Å². The number of aryl methyl sites for hydroxylation is 1. The maximum Gasteiger partial charge on any atom is 0.184 e. The molecule has 0 aliphatic carbocycles. The highest BCUT2D eigenvalue weighted by Gasteiger charge is 2.18. The Morgan fingerprint density at radius 3 is 2.87 bits per heavy atom. The standard InChI is InChI=1S/C11H14FNO2/c1-7-3-4-9(12)8(5-7)11(14)10(13)6-15-2/h3-5,10H,6,13H2,1-2H3. The summed E-state index contributed by atoms with van der Waals surface area (Å²) >= 11 is 0. The topological polar surface area (TPSA) is 52.3 Å². The summed E-state index contributed by atoms with van der Waals surface area (Å²) in [5.41, 5.74) is 6.39. The number of hydrogen-bond acceptors (Lipinski definition) is 3. The molecular formula is C11H14FNO2. The van der Waals surface area contributed by atoms with Crippen LogP contribution in [-0.2, 0) is 4.74 Å². The van der Waals surface area contributed by atoms with Crippen LogP contribution in [0.1, 0.15) is 15.9 Å². The molecule has 0 aliphatic rings. The quantitative estimate of drug-likeness (QED) is 0.763. The van der Waals surface area contributed by atoms with Crippen molar-refractivity contribution in [3.05, 3.63) is 35.1 Å². The summed E-state index contributed by atoms with van der Waals surface area (Å²) in [6.07, 6.45) is 0. The van der Waals surface area contributed by atoms with Gasteiger partial charge in [0.2, 0.25) is 0 Å². The Bertz CT molecular complexity index is 366. The van der Waals surface area contributed by atoms with E-state index in [9.17, 15) is 9.18 Å². The van der Waals surface area contributed by atoms with Gasteiger partial charge >= 0.3 is 0 Å². The number of carbonyl (C=O) groups is 1. The van der Waals surface area contributed by atoms with Crippen molar-refractivity contribution in [3.8, 4) is 0 Å². The zero-order chi connectivity index (χ0) is 11.4. The molecule has 0 aliphatic heterocycles. The number of nitrogens with two attached hydrogens (primary N) is 1. The molecule has 0 heterocycles.